The van der Waals surface area contributed by atoms with E-state index >= 15 is 0 Å². The van der Waals surface area contributed by atoms with E-state index in [1.807, 2.05) is 0 Å². The molecule has 0 radical (unpaired) electrons. The normalized spacial score (nSPS) is 15.6. The Morgan fingerprint density at radius 3 is 2.64 bits per heavy atom. The molecule has 0 bridgehead atoms. The van der Waals surface area contributed by atoms with Gasteiger partial charge in [0.1, 0.15) is 6.20 Å². The average Bonchev–Trinajstić information content (AvgIpc) is 3.33. The summed E-state index contributed by atoms with van der Waals surface area (Å²) in [6.45, 7) is 0.311. The number of anilines is 2. The van der Waals surface area contributed by atoms with E-state index in [0.717, 1.165) is 31.2 Å². The molecule has 10 heteroatoms. The Morgan fingerprint density at radius 1 is 1.36 bits per heavy atom. The lowest BCUT2D eigenvalue weighted by atomic mass is 9.94. The number of rotatable bonds is 5. The number of alkyl halides is 3. The van der Waals surface area contributed by atoms with Crippen molar-refractivity contribution in [2.45, 2.75) is 24.4 Å². The average molecular weight is 353 g/mol. The van der Waals surface area contributed by atoms with E-state index in [4.69, 9.17) is 5.73 Å². The first-order chi connectivity index (χ1) is 11.7. The van der Waals surface area contributed by atoms with Gasteiger partial charge in [0.15, 0.2) is 0 Å². The molecule has 1 aromatic heterocycles. The fourth-order valence-electron chi connectivity index (χ4n) is 2.61. The number of nitro groups is 1. The van der Waals surface area contributed by atoms with Gasteiger partial charge in [-0.15, -0.1) is 0 Å². The van der Waals surface area contributed by atoms with Gasteiger partial charge in [-0.25, -0.2) is 4.98 Å². The Morgan fingerprint density at radius 2 is 2.08 bits per heavy atom. The van der Waals surface area contributed by atoms with Crippen LogP contribution in [-0.4, -0.2) is 21.4 Å². The summed E-state index contributed by atoms with van der Waals surface area (Å²) in [4.78, 5) is 17.6. The van der Waals surface area contributed by atoms with Crippen molar-refractivity contribution in [3.8, 4) is 0 Å². The van der Waals surface area contributed by atoms with Crippen molar-refractivity contribution in [1.29, 1.82) is 0 Å². The maximum atomic E-state index is 12.9. The molecule has 3 N–H and O–H groups in total. The van der Waals surface area contributed by atoms with Crippen LogP contribution in [0.4, 0.5) is 30.6 Å². The molecule has 132 valence electrons. The zero-order valence-electron chi connectivity index (χ0n) is 12.9. The zero-order valence-corrected chi connectivity index (χ0v) is 12.9. The summed E-state index contributed by atoms with van der Waals surface area (Å²) in [7, 11) is 0. The number of halogens is 3. The number of aromatic nitrogens is 2. The second kappa shape index (κ2) is 5.87. The standard InChI is InChI=1S/C15H14F3N5O2/c16-15(17,18)10-3-1-2-9(6-10)14(4-5-14)8-21-13-20-7-11(23(24)25)12(19)22-13/h1-3,6-7H,4-5,8H2,(H3,19,20,21,22). The molecule has 1 heterocycles. The van der Waals surface area contributed by atoms with Crippen LogP contribution in [0.5, 0.6) is 0 Å². The summed E-state index contributed by atoms with van der Waals surface area (Å²) in [5.41, 5.74) is 4.57. The molecule has 0 saturated heterocycles. The monoisotopic (exact) mass is 353 g/mol. The lowest BCUT2D eigenvalue weighted by Gasteiger charge is -2.18. The molecule has 0 amide bonds. The quantitative estimate of drug-likeness (QED) is 0.632. The SMILES string of the molecule is Nc1nc(NCC2(c3cccc(C(F)(F)F)c3)CC2)ncc1[N+](=O)[O-]. The third kappa shape index (κ3) is 3.47. The van der Waals surface area contributed by atoms with Gasteiger partial charge in [0.25, 0.3) is 0 Å². The van der Waals surface area contributed by atoms with Crippen LogP contribution in [0, 0.1) is 10.1 Å². The van der Waals surface area contributed by atoms with Crippen molar-refractivity contribution in [2.75, 3.05) is 17.6 Å². The number of hydrogen-bond acceptors (Lipinski definition) is 6. The first-order valence-electron chi connectivity index (χ1n) is 7.40. The summed E-state index contributed by atoms with van der Waals surface area (Å²) >= 11 is 0. The maximum Gasteiger partial charge on any atom is 0.416 e. The van der Waals surface area contributed by atoms with Crippen LogP contribution in [0.15, 0.2) is 30.5 Å². The Hall–Kier alpha value is -2.91. The number of hydrogen-bond donors (Lipinski definition) is 2. The number of nitrogens with zero attached hydrogens (tertiary/aromatic N) is 3. The summed E-state index contributed by atoms with van der Waals surface area (Å²) in [6, 6.07) is 5.24. The van der Waals surface area contributed by atoms with E-state index in [1.54, 1.807) is 6.07 Å². The van der Waals surface area contributed by atoms with Crippen molar-refractivity contribution in [1.82, 2.24) is 9.97 Å². The molecular weight excluding hydrogens is 339 g/mol. The van der Waals surface area contributed by atoms with Crippen LogP contribution in [0.25, 0.3) is 0 Å². The molecule has 0 unspecified atom stereocenters. The largest absolute Gasteiger partial charge is 0.416 e. The number of nitrogens with two attached hydrogens (primary N) is 1. The second-order valence-corrected chi connectivity index (χ2v) is 5.93. The minimum atomic E-state index is -4.39. The summed E-state index contributed by atoms with van der Waals surface area (Å²) in [5, 5.41) is 13.6. The van der Waals surface area contributed by atoms with E-state index in [-0.39, 0.29) is 11.8 Å². The first kappa shape index (κ1) is 16.9. The van der Waals surface area contributed by atoms with Crippen LogP contribution < -0.4 is 11.1 Å². The molecule has 0 spiro atoms. The fourth-order valence-corrected chi connectivity index (χ4v) is 2.61. The lowest BCUT2D eigenvalue weighted by Crippen LogP contribution is -2.21. The summed E-state index contributed by atoms with van der Waals surface area (Å²) in [5.74, 6) is -0.173. The fraction of sp³-hybridized carbons (Fsp3) is 0.333. The smallest absolute Gasteiger partial charge is 0.378 e. The first-order valence-corrected chi connectivity index (χ1v) is 7.40. The Balaban J connectivity index is 1.75. The third-order valence-electron chi connectivity index (χ3n) is 4.24. The molecule has 1 saturated carbocycles. The van der Waals surface area contributed by atoms with Gasteiger partial charge in [0, 0.05) is 12.0 Å². The van der Waals surface area contributed by atoms with E-state index in [0.29, 0.717) is 12.1 Å². The highest BCUT2D eigenvalue weighted by Crippen LogP contribution is 2.49. The number of nitrogen functional groups attached to an aromatic ring is 1. The zero-order chi connectivity index (χ0) is 18.2. The minimum absolute atomic E-state index is 0.0985. The van der Waals surface area contributed by atoms with Crippen LogP contribution in [0.2, 0.25) is 0 Å². The predicted molar refractivity (Wildman–Crippen MR) is 83.9 cm³/mol. The molecule has 1 aliphatic carbocycles. The van der Waals surface area contributed by atoms with Gasteiger partial charge in [-0.1, -0.05) is 18.2 Å². The van der Waals surface area contributed by atoms with E-state index in [1.165, 1.54) is 6.07 Å². The van der Waals surface area contributed by atoms with Crippen molar-refractivity contribution in [3.05, 3.63) is 51.7 Å². The highest BCUT2D eigenvalue weighted by Gasteiger charge is 2.45. The topological polar surface area (TPSA) is 107 Å². The molecule has 0 atom stereocenters. The molecule has 1 fully saturated rings. The van der Waals surface area contributed by atoms with E-state index in [9.17, 15) is 23.3 Å². The van der Waals surface area contributed by atoms with Crippen molar-refractivity contribution < 1.29 is 18.1 Å². The number of nitrogens with one attached hydrogen (secondary N) is 1. The van der Waals surface area contributed by atoms with Gasteiger partial charge in [-0.2, -0.15) is 18.2 Å². The third-order valence-corrected chi connectivity index (χ3v) is 4.24. The van der Waals surface area contributed by atoms with Crippen molar-refractivity contribution >= 4 is 17.5 Å². The molecule has 1 aliphatic rings. The molecular formula is C15H14F3N5O2. The van der Waals surface area contributed by atoms with Crippen LogP contribution in [-0.2, 0) is 11.6 Å². The van der Waals surface area contributed by atoms with Gasteiger partial charge in [0.05, 0.1) is 10.5 Å². The van der Waals surface area contributed by atoms with Gasteiger partial charge in [0.2, 0.25) is 11.8 Å². The summed E-state index contributed by atoms with van der Waals surface area (Å²) < 4.78 is 38.6. The highest BCUT2D eigenvalue weighted by atomic mass is 19.4. The van der Waals surface area contributed by atoms with Gasteiger partial charge < -0.3 is 11.1 Å². The highest BCUT2D eigenvalue weighted by molar-refractivity contribution is 5.53. The molecule has 25 heavy (non-hydrogen) atoms. The molecule has 2 aromatic rings. The van der Waals surface area contributed by atoms with E-state index < -0.39 is 27.8 Å². The second-order valence-electron chi connectivity index (χ2n) is 5.93. The lowest BCUT2D eigenvalue weighted by molar-refractivity contribution is -0.384. The summed E-state index contributed by atoms with van der Waals surface area (Å²) in [6.07, 6.45) is -1.95. The van der Waals surface area contributed by atoms with Crippen molar-refractivity contribution in [3.63, 3.8) is 0 Å². The minimum Gasteiger partial charge on any atom is -0.378 e. The predicted octanol–water partition coefficient (Wildman–Crippen LogP) is 3.13. The van der Waals surface area contributed by atoms with Crippen LogP contribution in [0.1, 0.15) is 24.0 Å². The Labute approximate surface area is 140 Å². The number of benzene rings is 1. The molecule has 7 nitrogen and oxygen atoms in total. The molecule has 3 rings (SSSR count). The molecule has 1 aromatic carbocycles. The van der Waals surface area contributed by atoms with Gasteiger partial charge >= 0.3 is 11.9 Å². The van der Waals surface area contributed by atoms with Crippen LogP contribution >= 0.6 is 0 Å². The van der Waals surface area contributed by atoms with Gasteiger partial charge in [-0.3, -0.25) is 10.1 Å². The molecule has 0 aliphatic heterocycles. The van der Waals surface area contributed by atoms with Gasteiger partial charge in [-0.05, 0) is 24.5 Å². The maximum absolute atomic E-state index is 12.9. The Kier molecular flexibility index (Phi) is 3.97. The van der Waals surface area contributed by atoms with Crippen molar-refractivity contribution in [2.24, 2.45) is 0 Å². The Bertz CT molecular complexity index is 821. The van der Waals surface area contributed by atoms with E-state index in [2.05, 4.69) is 15.3 Å². The van der Waals surface area contributed by atoms with Crippen LogP contribution in [0.3, 0.4) is 0 Å².